The Morgan fingerprint density at radius 3 is 2.43 bits per heavy atom. The van der Waals surface area contributed by atoms with E-state index in [4.69, 9.17) is 13.9 Å². The summed E-state index contributed by atoms with van der Waals surface area (Å²) in [4.78, 5) is 36.4. The maximum Gasteiger partial charge on any atom is 0.408 e. The van der Waals surface area contributed by atoms with Crippen molar-refractivity contribution in [1.29, 1.82) is 0 Å². The van der Waals surface area contributed by atoms with Gasteiger partial charge in [-0.15, -0.1) is 0 Å². The standard InChI is InChI=1S/C21H27NO6/c1-7-13-11-17(23)26-15-9-12(3)10-16(18(13)15)27-19(24)14(8-2)22-20(25)28-21(4,5)6/h9-11,14H,7-8H2,1-6H3,(H,22,25)/t14-/m1/s1. The average Bonchev–Trinajstić information content (AvgIpc) is 2.56. The van der Waals surface area contributed by atoms with Crippen LogP contribution in [0.5, 0.6) is 5.75 Å². The summed E-state index contributed by atoms with van der Waals surface area (Å²) in [6.07, 6.45) is 0.214. The quantitative estimate of drug-likeness (QED) is 0.474. The zero-order valence-electron chi connectivity index (χ0n) is 17.2. The van der Waals surface area contributed by atoms with Crippen molar-refractivity contribution in [2.45, 2.75) is 66.0 Å². The number of alkyl carbamates (subject to hydrolysis) is 1. The highest BCUT2D eigenvalue weighted by molar-refractivity contribution is 5.91. The maximum atomic E-state index is 12.7. The Labute approximate surface area is 164 Å². The van der Waals surface area contributed by atoms with Crippen LogP contribution < -0.4 is 15.7 Å². The van der Waals surface area contributed by atoms with Gasteiger partial charge in [0.15, 0.2) is 0 Å². The third-order valence-corrected chi connectivity index (χ3v) is 4.01. The molecule has 0 aliphatic carbocycles. The monoisotopic (exact) mass is 389 g/mol. The number of esters is 1. The first kappa shape index (κ1) is 21.5. The van der Waals surface area contributed by atoms with Gasteiger partial charge in [-0.3, -0.25) is 0 Å². The highest BCUT2D eigenvalue weighted by Crippen LogP contribution is 2.30. The maximum absolute atomic E-state index is 12.7. The zero-order chi connectivity index (χ0) is 21.1. The molecule has 7 nitrogen and oxygen atoms in total. The van der Waals surface area contributed by atoms with Crippen LogP contribution in [-0.2, 0) is 16.0 Å². The number of carbonyl (C=O) groups is 2. The summed E-state index contributed by atoms with van der Waals surface area (Å²) in [7, 11) is 0. The van der Waals surface area contributed by atoms with E-state index in [0.29, 0.717) is 29.6 Å². The lowest BCUT2D eigenvalue weighted by Gasteiger charge is -2.22. The average molecular weight is 389 g/mol. The predicted molar refractivity (Wildman–Crippen MR) is 106 cm³/mol. The number of carbonyl (C=O) groups excluding carboxylic acids is 2. The number of amides is 1. The summed E-state index contributed by atoms with van der Waals surface area (Å²) in [5, 5.41) is 3.11. The minimum Gasteiger partial charge on any atom is -0.444 e. The van der Waals surface area contributed by atoms with Gasteiger partial charge in [0, 0.05) is 6.07 Å². The Bertz CT molecular complexity index is 938. The molecule has 0 radical (unpaired) electrons. The molecule has 2 rings (SSSR count). The molecule has 0 aliphatic heterocycles. The van der Waals surface area contributed by atoms with Gasteiger partial charge in [-0.05, 0) is 63.8 Å². The molecule has 1 heterocycles. The molecule has 2 aromatic rings. The van der Waals surface area contributed by atoms with Crippen LogP contribution in [0.1, 0.15) is 52.2 Å². The lowest BCUT2D eigenvalue weighted by Crippen LogP contribution is -2.44. The number of hydrogen-bond acceptors (Lipinski definition) is 6. The van der Waals surface area contributed by atoms with Gasteiger partial charge in [0.25, 0.3) is 0 Å². The molecule has 0 aliphatic rings. The van der Waals surface area contributed by atoms with E-state index >= 15 is 0 Å². The molecule has 152 valence electrons. The Balaban J connectivity index is 2.33. The first-order valence-electron chi connectivity index (χ1n) is 9.32. The fourth-order valence-corrected chi connectivity index (χ4v) is 2.79. The van der Waals surface area contributed by atoms with Gasteiger partial charge in [-0.2, -0.15) is 0 Å². The molecule has 1 N–H and O–H groups in total. The Hall–Kier alpha value is -2.83. The van der Waals surface area contributed by atoms with Crippen molar-refractivity contribution in [3.05, 3.63) is 39.7 Å². The molecule has 1 atom stereocenters. The van der Waals surface area contributed by atoms with E-state index in [2.05, 4.69) is 5.32 Å². The van der Waals surface area contributed by atoms with Gasteiger partial charge < -0.3 is 19.2 Å². The van der Waals surface area contributed by atoms with E-state index in [1.165, 1.54) is 6.07 Å². The second-order valence-electron chi connectivity index (χ2n) is 7.61. The molecular weight excluding hydrogens is 362 g/mol. The van der Waals surface area contributed by atoms with Crippen LogP contribution in [0, 0.1) is 6.92 Å². The Kier molecular flexibility index (Phi) is 6.48. The summed E-state index contributed by atoms with van der Waals surface area (Å²) < 4.78 is 16.1. The van der Waals surface area contributed by atoms with Crippen LogP contribution in [-0.4, -0.2) is 23.7 Å². The SMILES string of the molecule is CCc1cc(=O)oc2cc(C)cc(OC(=O)[C@@H](CC)NC(=O)OC(C)(C)C)c12. The topological polar surface area (TPSA) is 94.8 Å². The first-order valence-corrected chi connectivity index (χ1v) is 9.32. The Morgan fingerprint density at radius 1 is 1.18 bits per heavy atom. The van der Waals surface area contributed by atoms with Crippen molar-refractivity contribution in [2.75, 3.05) is 0 Å². The molecule has 0 saturated carbocycles. The second-order valence-corrected chi connectivity index (χ2v) is 7.61. The van der Waals surface area contributed by atoms with E-state index in [0.717, 1.165) is 11.1 Å². The highest BCUT2D eigenvalue weighted by atomic mass is 16.6. The van der Waals surface area contributed by atoms with E-state index in [9.17, 15) is 14.4 Å². The number of nitrogens with one attached hydrogen (secondary N) is 1. The predicted octanol–water partition coefficient (Wildman–Crippen LogP) is 3.87. The molecule has 0 fully saturated rings. The van der Waals surface area contributed by atoms with E-state index in [-0.39, 0.29) is 0 Å². The molecule has 28 heavy (non-hydrogen) atoms. The van der Waals surface area contributed by atoms with Gasteiger partial charge in [0.2, 0.25) is 0 Å². The third-order valence-electron chi connectivity index (χ3n) is 4.01. The Morgan fingerprint density at radius 2 is 1.86 bits per heavy atom. The molecular formula is C21H27NO6. The van der Waals surface area contributed by atoms with Crippen molar-refractivity contribution in [2.24, 2.45) is 0 Å². The molecule has 7 heteroatoms. The highest BCUT2D eigenvalue weighted by Gasteiger charge is 2.25. The second kappa shape index (κ2) is 8.46. The number of fused-ring (bicyclic) bond motifs is 1. The van der Waals surface area contributed by atoms with Gasteiger partial charge in [0.05, 0.1) is 5.39 Å². The molecule has 1 aromatic heterocycles. The normalized spacial score (nSPS) is 12.5. The third kappa shape index (κ3) is 5.34. The lowest BCUT2D eigenvalue weighted by molar-refractivity contribution is -0.136. The number of aryl methyl sites for hydroxylation is 2. The van der Waals surface area contributed by atoms with E-state index < -0.39 is 29.3 Å². The molecule has 1 amide bonds. The summed E-state index contributed by atoms with van der Waals surface area (Å²) in [5.41, 5.74) is 0.736. The van der Waals surface area contributed by atoms with E-state index in [1.807, 2.05) is 13.8 Å². The van der Waals surface area contributed by atoms with Gasteiger partial charge in [0.1, 0.15) is 23.0 Å². The number of ether oxygens (including phenoxy) is 2. The minimum absolute atomic E-state index is 0.296. The van der Waals surface area contributed by atoms with E-state index in [1.54, 1.807) is 39.8 Å². The van der Waals surface area contributed by atoms with Crippen LogP contribution in [0.25, 0.3) is 11.0 Å². The molecule has 0 unspecified atom stereocenters. The number of hydrogen-bond donors (Lipinski definition) is 1. The van der Waals surface area contributed by atoms with Crippen LogP contribution in [0.15, 0.2) is 27.4 Å². The van der Waals surface area contributed by atoms with Gasteiger partial charge in [-0.1, -0.05) is 13.8 Å². The largest absolute Gasteiger partial charge is 0.444 e. The van der Waals surface area contributed by atoms with Crippen LogP contribution >= 0.6 is 0 Å². The van der Waals surface area contributed by atoms with Crippen molar-refractivity contribution in [1.82, 2.24) is 5.32 Å². The summed E-state index contributed by atoms with van der Waals surface area (Å²) in [6, 6.07) is 3.96. The molecule has 1 aromatic carbocycles. The summed E-state index contributed by atoms with van der Waals surface area (Å²) in [6.45, 7) is 10.7. The number of benzene rings is 1. The summed E-state index contributed by atoms with van der Waals surface area (Å²) >= 11 is 0. The smallest absolute Gasteiger partial charge is 0.408 e. The molecule has 0 bridgehead atoms. The van der Waals surface area contributed by atoms with Gasteiger partial charge in [-0.25, -0.2) is 14.4 Å². The fraction of sp³-hybridized carbons (Fsp3) is 0.476. The van der Waals surface area contributed by atoms with Crippen molar-refractivity contribution < 1.29 is 23.5 Å². The summed E-state index contributed by atoms with van der Waals surface area (Å²) in [5.74, 6) is -0.321. The van der Waals surface area contributed by atoms with Gasteiger partial charge >= 0.3 is 17.7 Å². The van der Waals surface area contributed by atoms with Crippen molar-refractivity contribution in [3.8, 4) is 5.75 Å². The van der Waals surface area contributed by atoms with Crippen molar-refractivity contribution in [3.63, 3.8) is 0 Å². The van der Waals surface area contributed by atoms with Crippen LogP contribution in [0.2, 0.25) is 0 Å². The van der Waals surface area contributed by atoms with Crippen molar-refractivity contribution >= 4 is 23.0 Å². The molecule has 0 saturated heterocycles. The zero-order valence-corrected chi connectivity index (χ0v) is 17.2. The molecule has 0 spiro atoms. The minimum atomic E-state index is -0.869. The van der Waals surface area contributed by atoms with Crippen LogP contribution in [0.4, 0.5) is 4.79 Å². The lowest BCUT2D eigenvalue weighted by atomic mass is 10.0. The number of rotatable bonds is 5. The first-order chi connectivity index (χ1) is 13.0. The van der Waals surface area contributed by atoms with Crippen LogP contribution in [0.3, 0.4) is 0 Å². The fourth-order valence-electron chi connectivity index (χ4n) is 2.79.